The summed E-state index contributed by atoms with van der Waals surface area (Å²) in [5, 5.41) is 13.6. The predicted octanol–water partition coefficient (Wildman–Crippen LogP) is -0.855. The second kappa shape index (κ2) is 11.2. The highest BCUT2D eigenvalue weighted by Crippen LogP contribution is 1.73. The molecule has 0 aliphatic carbocycles. The zero-order valence-electron chi connectivity index (χ0n) is 8.83. The van der Waals surface area contributed by atoms with E-state index in [9.17, 15) is 4.79 Å². The molecule has 0 unspecified atom stereocenters. The third kappa shape index (κ3) is 11.1. The quantitative estimate of drug-likeness (QED) is 0.441. The first-order valence-corrected chi connectivity index (χ1v) is 4.88. The summed E-state index contributed by atoms with van der Waals surface area (Å²) in [5.74, 6) is 0. The molecule has 1 radical (unpaired) electrons. The normalized spacial score (nSPS) is 10.0. The Labute approximate surface area is 89.9 Å². The van der Waals surface area contributed by atoms with E-state index in [1.165, 1.54) is 0 Å². The highest BCUT2D eigenvalue weighted by molar-refractivity contribution is 5.73. The van der Waals surface area contributed by atoms with Crippen molar-refractivity contribution in [2.24, 2.45) is 0 Å². The minimum atomic E-state index is -0.254. The van der Waals surface area contributed by atoms with Gasteiger partial charge in [-0.05, 0) is 6.92 Å². The van der Waals surface area contributed by atoms with Gasteiger partial charge in [0, 0.05) is 19.7 Å². The molecule has 0 rings (SSSR count). The summed E-state index contributed by atoms with van der Waals surface area (Å²) >= 11 is 0. The van der Waals surface area contributed by atoms with E-state index in [0.29, 0.717) is 39.5 Å². The maximum Gasteiger partial charge on any atom is 0.314 e. The van der Waals surface area contributed by atoms with E-state index in [-0.39, 0.29) is 12.6 Å². The van der Waals surface area contributed by atoms with Crippen LogP contribution in [0.5, 0.6) is 0 Å². The molecule has 0 saturated carbocycles. The minimum absolute atomic E-state index is 0.00537. The Morgan fingerprint density at radius 1 is 1.13 bits per heavy atom. The minimum Gasteiger partial charge on any atom is -0.394 e. The summed E-state index contributed by atoms with van der Waals surface area (Å²) in [6, 6.07) is -0.254. The van der Waals surface area contributed by atoms with Crippen molar-refractivity contribution < 1.29 is 19.4 Å². The number of hydrogen-bond acceptors (Lipinski definition) is 4. The van der Waals surface area contributed by atoms with E-state index in [1.807, 2.05) is 0 Å². The van der Waals surface area contributed by atoms with Crippen molar-refractivity contribution in [1.29, 1.82) is 0 Å². The van der Waals surface area contributed by atoms with E-state index in [1.54, 1.807) is 0 Å². The average molecular weight is 219 g/mol. The molecule has 6 heteroatoms. The molecule has 0 aromatic rings. The van der Waals surface area contributed by atoms with Crippen LogP contribution in [-0.2, 0) is 9.47 Å². The summed E-state index contributed by atoms with van der Waals surface area (Å²) in [7, 11) is 0. The summed E-state index contributed by atoms with van der Waals surface area (Å²) in [6.45, 7) is 5.91. The number of carbonyl (C=O) groups is 1. The summed E-state index contributed by atoms with van der Waals surface area (Å²) in [4.78, 5) is 11.0. The van der Waals surface area contributed by atoms with Crippen LogP contribution in [0.3, 0.4) is 0 Å². The van der Waals surface area contributed by atoms with Crippen LogP contribution in [-0.4, -0.2) is 57.3 Å². The van der Waals surface area contributed by atoms with Crippen LogP contribution in [0.2, 0.25) is 0 Å². The van der Waals surface area contributed by atoms with Crippen LogP contribution >= 0.6 is 0 Å². The summed E-state index contributed by atoms with van der Waals surface area (Å²) in [6.07, 6.45) is 0. The van der Waals surface area contributed by atoms with Gasteiger partial charge in [-0.3, -0.25) is 0 Å². The fourth-order valence-electron chi connectivity index (χ4n) is 0.805. The smallest absolute Gasteiger partial charge is 0.314 e. The van der Waals surface area contributed by atoms with Crippen LogP contribution < -0.4 is 10.6 Å². The fourth-order valence-corrected chi connectivity index (χ4v) is 0.805. The zero-order valence-corrected chi connectivity index (χ0v) is 8.83. The van der Waals surface area contributed by atoms with Gasteiger partial charge in [0.2, 0.25) is 0 Å². The number of urea groups is 1. The molecule has 89 valence electrons. The Bertz CT molecular complexity index is 155. The second-order valence-electron chi connectivity index (χ2n) is 2.63. The third-order valence-corrected chi connectivity index (χ3v) is 1.44. The molecule has 0 heterocycles. The SMILES string of the molecule is [CH2]COCCNC(=O)NCCOCCO. The molecular weight excluding hydrogens is 200 g/mol. The van der Waals surface area contributed by atoms with Crippen molar-refractivity contribution in [2.45, 2.75) is 0 Å². The van der Waals surface area contributed by atoms with Crippen LogP contribution in [0.1, 0.15) is 0 Å². The first-order chi connectivity index (χ1) is 7.31. The number of amides is 2. The first-order valence-electron chi connectivity index (χ1n) is 4.88. The highest BCUT2D eigenvalue weighted by Gasteiger charge is 1.97. The molecule has 0 fully saturated rings. The molecule has 0 bridgehead atoms. The maximum absolute atomic E-state index is 11.0. The van der Waals surface area contributed by atoms with Crippen molar-refractivity contribution in [2.75, 3.05) is 46.1 Å². The standard InChI is InChI=1S/C9H19N2O4/c1-2-14-6-3-10-9(13)11-4-7-15-8-5-12/h12H,1-8H2,(H2,10,11,13). The Kier molecular flexibility index (Phi) is 10.6. The van der Waals surface area contributed by atoms with Gasteiger partial charge in [0.15, 0.2) is 0 Å². The highest BCUT2D eigenvalue weighted by atomic mass is 16.5. The Hall–Kier alpha value is -0.850. The number of carbonyl (C=O) groups excluding carboxylic acids is 1. The van der Waals surface area contributed by atoms with Gasteiger partial charge in [-0.2, -0.15) is 0 Å². The van der Waals surface area contributed by atoms with Gasteiger partial charge in [0.05, 0.1) is 26.4 Å². The Morgan fingerprint density at radius 2 is 1.73 bits per heavy atom. The van der Waals surface area contributed by atoms with Gasteiger partial charge in [-0.1, -0.05) is 0 Å². The third-order valence-electron chi connectivity index (χ3n) is 1.44. The van der Waals surface area contributed by atoms with Gasteiger partial charge in [-0.25, -0.2) is 4.79 Å². The van der Waals surface area contributed by atoms with E-state index in [0.717, 1.165) is 0 Å². The molecular formula is C9H19N2O4. The van der Waals surface area contributed by atoms with Gasteiger partial charge in [0.1, 0.15) is 0 Å². The zero-order chi connectivity index (χ0) is 11.4. The van der Waals surface area contributed by atoms with E-state index < -0.39 is 0 Å². The van der Waals surface area contributed by atoms with E-state index in [2.05, 4.69) is 17.6 Å². The summed E-state index contributed by atoms with van der Waals surface area (Å²) < 4.78 is 9.89. The fraction of sp³-hybridized carbons (Fsp3) is 0.778. The maximum atomic E-state index is 11.0. The lowest BCUT2D eigenvalue weighted by Gasteiger charge is -2.07. The number of ether oxygens (including phenoxy) is 2. The van der Waals surface area contributed by atoms with Crippen molar-refractivity contribution in [3.63, 3.8) is 0 Å². The molecule has 15 heavy (non-hydrogen) atoms. The number of nitrogens with one attached hydrogen (secondary N) is 2. The Balaban J connectivity index is 3.11. The van der Waals surface area contributed by atoms with E-state index >= 15 is 0 Å². The molecule has 0 aromatic heterocycles. The predicted molar refractivity (Wildman–Crippen MR) is 55.5 cm³/mol. The lowest BCUT2D eigenvalue weighted by molar-refractivity contribution is 0.0946. The van der Waals surface area contributed by atoms with E-state index in [4.69, 9.17) is 14.6 Å². The largest absolute Gasteiger partial charge is 0.394 e. The molecule has 3 N–H and O–H groups in total. The molecule has 0 aromatic carbocycles. The molecule has 0 aliphatic rings. The molecule has 6 nitrogen and oxygen atoms in total. The van der Waals surface area contributed by atoms with Crippen molar-refractivity contribution in [3.8, 4) is 0 Å². The second-order valence-corrected chi connectivity index (χ2v) is 2.63. The lowest BCUT2D eigenvalue weighted by atomic mass is 10.6. The average Bonchev–Trinajstić information content (AvgIpc) is 2.24. The monoisotopic (exact) mass is 219 g/mol. The number of aliphatic hydroxyl groups excluding tert-OH is 1. The van der Waals surface area contributed by atoms with Crippen molar-refractivity contribution in [3.05, 3.63) is 6.92 Å². The van der Waals surface area contributed by atoms with Gasteiger partial charge >= 0.3 is 6.03 Å². The van der Waals surface area contributed by atoms with Crippen LogP contribution in [0.25, 0.3) is 0 Å². The molecule has 0 spiro atoms. The molecule has 2 amide bonds. The first kappa shape index (κ1) is 14.2. The number of aliphatic hydroxyl groups is 1. The van der Waals surface area contributed by atoms with Crippen LogP contribution in [0.4, 0.5) is 4.79 Å². The molecule has 0 saturated heterocycles. The Morgan fingerprint density at radius 3 is 2.27 bits per heavy atom. The van der Waals surface area contributed by atoms with Gasteiger partial charge in [0.25, 0.3) is 0 Å². The molecule has 0 aliphatic heterocycles. The number of rotatable bonds is 9. The van der Waals surface area contributed by atoms with Crippen molar-refractivity contribution >= 4 is 6.03 Å². The summed E-state index contributed by atoms with van der Waals surface area (Å²) in [5.41, 5.74) is 0. The van der Waals surface area contributed by atoms with Crippen LogP contribution in [0.15, 0.2) is 0 Å². The topological polar surface area (TPSA) is 79.8 Å². The van der Waals surface area contributed by atoms with Crippen LogP contribution in [0, 0.1) is 6.92 Å². The van der Waals surface area contributed by atoms with Gasteiger partial charge in [-0.15, -0.1) is 0 Å². The number of hydrogen-bond donors (Lipinski definition) is 3. The van der Waals surface area contributed by atoms with Crippen molar-refractivity contribution in [1.82, 2.24) is 10.6 Å². The lowest BCUT2D eigenvalue weighted by Crippen LogP contribution is -2.38. The van der Waals surface area contributed by atoms with Gasteiger partial charge < -0.3 is 25.2 Å². The molecule has 0 atom stereocenters.